The minimum absolute atomic E-state index is 0.0694. The van der Waals surface area contributed by atoms with Crippen molar-refractivity contribution in [2.45, 2.75) is 0 Å². The smallest absolute Gasteiger partial charge is 0.395 e. The number of phosphoric acid groups is 3. The van der Waals surface area contributed by atoms with E-state index in [-0.39, 0.29) is 19.8 Å². The summed E-state index contributed by atoms with van der Waals surface area (Å²) in [5, 5.41) is 25.5. The van der Waals surface area contributed by atoms with Gasteiger partial charge in [-0.05, 0) is 0 Å². The van der Waals surface area contributed by atoms with E-state index in [1.807, 2.05) is 0 Å². The van der Waals surface area contributed by atoms with Crippen molar-refractivity contribution in [3.8, 4) is 0 Å². The Morgan fingerprint density at radius 2 is 0.600 bits per heavy atom. The summed E-state index contributed by atoms with van der Waals surface area (Å²) in [7, 11) is -13.9. The monoisotopic (exact) mass is 443 g/mol. The Bertz CT molecular complexity index is 327. The number of aliphatic hydroxyl groups excluding tert-OH is 3. The summed E-state index contributed by atoms with van der Waals surface area (Å²) in [6.45, 7) is 1.75. The van der Waals surface area contributed by atoms with Gasteiger partial charge in [-0.1, -0.05) is 0 Å². The molecular formula is C6H24NO15P3. The van der Waals surface area contributed by atoms with E-state index in [2.05, 4.69) is 0 Å². The van der Waals surface area contributed by atoms with Crippen LogP contribution in [0.1, 0.15) is 0 Å². The minimum Gasteiger partial charge on any atom is -0.395 e. The zero-order chi connectivity index (χ0) is 21.3. The number of rotatable bonds is 6. The van der Waals surface area contributed by atoms with Crippen LogP contribution >= 0.6 is 23.5 Å². The molecule has 0 radical (unpaired) electrons. The molecule has 16 nitrogen and oxygen atoms in total. The van der Waals surface area contributed by atoms with Crippen LogP contribution in [0.5, 0.6) is 0 Å². The predicted molar refractivity (Wildman–Crippen MR) is 80.5 cm³/mol. The van der Waals surface area contributed by atoms with Crippen molar-refractivity contribution in [1.82, 2.24) is 4.90 Å². The molecule has 0 saturated carbocycles. The van der Waals surface area contributed by atoms with E-state index in [4.69, 9.17) is 73.1 Å². The first-order valence-corrected chi connectivity index (χ1v) is 10.4. The van der Waals surface area contributed by atoms with Crippen LogP contribution < -0.4 is 0 Å². The Hall–Kier alpha value is 0.170. The summed E-state index contributed by atoms with van der Waals surface area (Å²) >= 11 is 0. The van der Waals surface area contributed by atoms with Crippen molar-refractivity contribution in [2.24, 2.45) is 0 Å². The molecule has 25 heavy (non-hydrogen) atoms. The van der Waals surface area contributed by atoms with E-state index in [0.717, 1.165) is 0 Å². The molecular weight excluding hydrogens is 419 g/mol. The van der Waals surface area contributed by atoms with Crippen LogP contribution in [0.3, 0.4) is 0 Å². The Morgan fingerprint density at radius 1 is 0.480 bits per heavy atom. The third-order valence-corrected chi connectivity index (χ3v) is 1.25. The topological polar surface area (TPSA) is 297 Å². The highest BCUT2D eigenvalue weighted by Crippen LogP contribution is 2.26. The highest BCUT2D eigenvalue weighted by molar-refractivity contribution is 7.45. The molecule has 0 saturated heterocycles. The van der Waals surface area contributed by atoms with Crippen molar-refractivity contribution in [2.75, 3.05) is 39.5 Å². The molecule has 0 aliphatic carbocycles. The molecule has 0 bridgehead atoms. The summed E-state index contributed by atoms with van der Waals surface area (Å²) in [5.41, 5.74) is 0. The fraction of sp³-hybridized carbons (Fsp3) is 1.00. The maximum absolute atomic E-state index is 8.88. The lowest BCUT2D eigenvalue weighted by Crippen LogP contribution is -2.32. The van der Waals surface area contributed by atoms with Gasteiger partial charge in [0.1, 0.15) is 0 Å². The van der Waals surface area contributed by atoms with Crippen molar-refractivity contribution >= 4 is 23.5 Å². The van der Waals surface area contributed by atoms with Crippen molar-refractivity contribution < 1.29 is 73.1 Å². The molecule has 0 spiro atoms. The van der Waals surface area contributed by atoms with E-state index >= 15 is 0 Å². The lowest BCUT2D eigenvalue weighted by molar-refractivity contribution is 0.136. The lowest BCUT2D eigenvalue weighted by Gasteiger charge is -2.17. The van der Waals surface area contributed by atoms with Crippen LogP contribution in [0.2, 0.25) is 0 Å². The Labute approximate surface area is 142 Å². The quantitative estimate of drug-likeness (QED) is 0.172. The van der Waals surface area contributed by atoms with Crippen molar-refractivity contribution in [1.29, 1.82) is 0 Å². The Kier molecular flexibility index (Phi) is 23.1. The van der Waals surface area contributed by atoms with Gasteiger partial charge in [-0.2, -0.15) is 0 Å². The molecule has 0 aromatic heterocycles. The summed E-state index contributed by atoms with van der Waals surface area (Å²) in [6, 6.07) is 0. The van der Waals surface area contributed by atoms with Gasteiger partial charge in [0.25, 0.3) is 0 Å². The SMILES string of the molecule is O=P(O)(O)O.O=P(O)(O)O.O=P(O)(O)O.OCCN(CCO)CCO. The van der Waals surface area contributed by atoms with Gasteiger partial charge in [0.05, 0.1) is 19.8 Å². The highest BCUT2D eigenvalue weighted by atomic mass is 31.2. The molecule has 0 amide bonds. The van der Waals surface area contributed by atoms with Crippen molar-refractivity contribution in [3.05, 3.63) is 0 Å². The number of hydrogen-bond donors (Lipinski definition) is 12. The summed E-state index contributed by atoms with van der Waals surface area (Å²) < 4.78 is 26.6. The van der Waals surface area contributed by atoms with Crippen LogP contribution in [0.25, 0.3) is 0 Å². The summed E-state index contributed by atoms with van der Waals surface area (Å²) in [4.78, 5) is 66.5. The van der Waals surface area contributed by atoms with Crippen LogP contribution in [0, 0.1) is 0 Å². The molecule has 0 unspecified atom stereocenters. The second kappa shape index (κ2) is 17.6. The average Bonchev–Trinajstić information content (AvgIpc) is 2.22. The normalized spacial score (nSPS) is 11.4. The third kappa shape index (κ3) is 141. The third-order valence-electron chi connectivity index (χ3n) is 1.25. The van der Waals surface area contributed by atoms with Gasteiger partial charge in [0, 0.05) is 19.6 Å². The zero-order valence-corrected chi connectivity index (χ0v) is 15.3. The number of nitrogens with zero attached hydrogens (tertiary/aromatic N) is 1. The first-order valence-electron chi connectivity index (χ1n) is 5.75. The van der Waals surface area contributed by atoms with Gasteiger partial charge in [-0.3, -0.25) is 4.90 Å². The fourth-order valence-corrected chi connectivity index (χ4v) is 0.760. The predicted octanol–water partition coefficient (Wildman–Crippen LogP) is -4.52. The van der Waals surface area contributed by atoms with E-state index < -0.39 is 23.5 Å². The van der Waals surface area contributed by atoms with Gasteiger partial charge in [0.2, 0.25) is 0 Å². The van der Waals surface area contributed by atoms with E-state index in [9.17, 15) is 0 Å². The summed E-state index contributed by atoms with van der Waals surface area (Å²) in [6.07, 6.45) is 0. The van der Waals surface area contributed by atoms with Crippen molar-refractivity contribution in [3.63, 3.8) is 0 Å². The molecule has 19 heteroatoms. The van der Waals surface area contributed by atoms with Gasteiger partial charge < -0.3 is 59.4 Å². The number of hydrogen-bond acceptors (Lipinski definition) is 7. The molecule has 0 heterocycles. The van der Waals surface area contributed by atoms with Gasteiger partial charge >= 0.3 is 23.5 Å². The first kappa shape index (κ1) is 32.8. The highest BCUT2D eigenvalue weighted by Gasteiger charge is 2.01. The van der Waals surface area contributed by atoms with Gasteiger partial charge in [-0.25, -0.2) is 13.7 Å². The van der Waals surface area contributed by atoms with E-state index in [1.165, 1.54) is 0 Å². The Balaban J connectivity index is -0.000000126. The van der Waals surface area contributed by atoms with Crippen LogP contribution in [0.15, 0.2) is 0 Å². The fourth-order valence-electron chi connectivity index (χ4n) is 0.760. The summed E-state index contributed by atoms with van der Waals surface area (Å²) in [5.74, 6) is 0. The zero-order valence-electron chi connectivity index (χ0n) is 12.6. The lowest BCUT2D eigenvalue weighted by atomic mass is 10.4. The minimum atomic E-state index is -4.64. The second-order valence-corrected chi connectivity index (χ2v) is 6.63. The molecule has 0 aliphatic rings. The number of aliphatic hydroxyl groups is 3. The van der Waals surface area contributed by atoms with E-state index in [0.29, 0.717) is 19.6 Å². The molecule has 0 aliphatic heterocycles. The molecule has 0 atom stereocenters. The molecule has 12 N–H and O–H groups in total. The molecule has 0 aromatic carbocycles. The van der Waals surface area contributed by atoms with Crippen LogP contribution in [0.4, 0.5) is 0 Å². The first-order chi connectivity index (χ1) is 10.8. The van der Waals surface area contributed by atoms with Crippen LogP contribution in [-0.4, -0.2) is 104 Å². The second-order valence-electron chi connectivity index (χ2n) is 3.55. The van der Waals surface area contributed by atoms with Gasteiger partial charge in [-0.15, -0.1) is 0 Å². The molecule has 0 aromatic rings. The largest absolute Gasteiger partial charge is 0.466 e. The Morgan fingerprint density at radius 3 is 0.680 bits per heavy atom. The molecule has 158 valence electrons. The standard InChI is InChI=1S/C6H15NO3.3H3O4P/c8-4-1-7(2-5-9)3-6-10;3*1-5(2,3)4/h8-10H,1-6H2;3*(H3,1,2,3,4). The van der Waals surface area contributed by atoms with Crippen LogP contribution in [-0.2, 0) is 13.7 Å². The van der Waals surface area contributed by atoms with Gasteiger partial charge in [0.15, 0.2) is 0 Å². The maximum atomic E-state index is 8.88. The average molecular weight is 443 g/mol. The molecule has 0 fully saturated rings. The van der Waals surface area contributed by atoms with E-state index in [1.54, 1.807) is 4.90 Å². The maximum Gasteiger partial charge on any atom is 0.466 e. The molecule has 0 rings (SSSR count).